The van der Waals surface area contributed by atoms with E-state index in [-0.39, 0.29) is 19.7 Å². The van der Waals surface area contributed by atoms with E-state index < -0.39 is 0 Å². The van der Waals surface area contributed by atoms with Gasteiger partial charge in [-0.25, -0.2) is 0 Å². The Morgan fingerprint density at radius 3 is 2.47 bits per heavy atom. The molecular formula is C12H26FPS. The first-order valence-corrected chi connectivity index (χ1v) is 9.24. The van der Waals surface area contributed by atoms with Gasteiger partial charge in [0, 0.05) is 0 Å². The van der Waals surface area contributed by atoms with Gasteiger partial charge >= 0.3 is 0 Å². The summed E-state index contributed by atoms with van der Waals surface area (Å²) >= 11 is 2.10. The number of rotatable bonds is 8. The van der Waals surface area contributed by atoms with E-state index in [0.717, 1.165) is 6.42 Å². The highest BCUT2D eigenvalue weighted by Gasteiger charge is 2.23. The molecule has 0 aromatic heterocycles. The fourth-order valence-corrected chi connectivity index (χ4v) is 5.12. The Morgan fingerprint density at radius 1 is 1.40 bits per heavy atom. The first kappa shape index (κ1) is 15.7. The second kappa shape index (κ2) is 7.90. The smallest absolute Gasteiger partial charge is 0.0919 e. The number of hydrogen-bond donors (Lipinski definition) is 0. The summed E-state index contributed by atoms with van der Waals surface area (Å²) in [7, 11) is 0.0638. The summed E-state index contributed by atoms with van der Waals surface area (Å²) in [6.45, 7) is 11.2. The Hall–Kier alpha value is 0.710. The van der Waals surface area contributed by atoms with Crippen LogP contribution in [0.15, 0.2) is 0 Å². The maximum absolute atomic E-state index is 12.2. The van der Waals surface area contributed by atoms with Gasteiger partial charge in [-0.2, -0.15) is 0 Å². The average molecular weight is 252 g/mol. The number of halogens is 1. The molecule has 0 nitrogen and oxygen atoms in total. The summed E-state index contributed by atoms with van der Waals surface area (Å²) in [5.74, 6) is 1.46. The van der Waals surface area contributed by atoms with Crippen LogP contribution in [0, 0.1) is 5.92 Å². The summed E-state index contributed by atoms with van der Waals surface area (Å²) in [4.78, 5) is 0. The van der Waals surface area contributed by atoms with Crippen LogP contribution in [-0.4, -0.2) is 24.2 Å². The Morgan fingerprint density at radius 2 is 2.00 bits per heavy atom. The van der Waals surface area contributed by atoms with Crippen molar-refractivity contribution in [2.75, 3.05) is 19.1 Å². The number of alkyl halides is 1. The average Bonchev–Trinajstić information content (AvgIpc) is 2.23. The van der Waals surface area contributed by atoms with Crippen molar-refractivity contribution in [3.8, 4) is 0 Å². The van der Waals surface area contributed by atoms with Crippen LogP contribution in [-0.2, 0) is 0 Å². The molecule has 15 heavy (non-hydrogen) atoms. The lowest BCUT2D eigenvalue weighted by atomic mass is 10.1. The van der Waals surface area contributed by atoms with Crippen molar-refractivity contribution >= 4 is 18.5 Å². The van der Waals surface area contributed by atoms with Crippen molar-refractivity contribution in [3.05, 3.63) is 0 Å². The highest BCUT2D eigenvalue weighted by molar-refractivity contribution is 8.55. The lowest BCUT2D eigenvalue weighted by molar-refractivity contribution is 0.364. The highest BCUT2D eigenvalue weighted by Crippen LogP contribution is 2.58. The zero-order chi connectivity index (χ0) is 11.9. The lowest BCUT2D eigenvalue weighted by Crippen LogP contribution is -2.13. The summed E-state index contributed by atoms with van der Waals surface area (Å²) in [5, 5.41) is 0.492. The van der Waals surface area contributed by atoms with Gasteiger partial charge in [0.15, 0.2) is 0 Å². The largest absolute Gasteiger partial charge is 0.251 e. The number of hydrogen-bond acceptors (Lipinski definition) is 1. The molecule has 0 saturated carbocycles. The molecule has 92 valence electrons. The second-order valence-electron chi connectivity index (χ2n) is 4.90. The summed E-state index contributed by atoms with van der Waals surface area (Å²) < 4.78 is 12.2. The molecule has 2 atom stereocenters. The van der Waals surface area contributed by atoms with Crippen LogP contribution in [0.4, 0.5) is 4.39 Å². The molecule has 0 aromatic carbocycles. The van der Waals surface area contributed by atoms with Gasteiger partial charge in [0.25, 0.3) is 0 Å². The molecule has 0 fully saturated rings. The summed E-state index contributed by atoms with van der Waals surface area (Å²) in [5.41, 5.74) is 0. The van der Waals surface area contributed by atoms with Crippen LogP contribution in [0.2, 0.25) is 0 Å². The maximum Gasteiger partial charge on any atom is 0.0919 e. The fourth-order valence-electron chi connectivity index (χ4n) is 1.11. The van der Waals surface area contributed by atoms with Gasteiger partial charge in [-0.3, -0.25) is 4.39 Å². The molecule has 0 bridgehead atoms. The minimum Gasteiger partial charge on any atom is -0.251 e. The van der Waals surface area contributed by atoms with E-state index >= 15 is 0 Å². The fraction of sp³-hybridized carbons (Fsp3) is 1.00. The van der Waals surface area contributed by atoms with Crippen molar-refractivity contribution < 1.29 is 4.39 Å². The van der Waals surface area contributed by atoms with Gasteiger partial charge in [0.1, 0.15) is 0 Å². The predicted molar refractivity (Wildman–Crippen MR) is 74.0 cm³/mol. The first-order valence-electron chi connectivity index (χ1n) is 5.86. The maximum atomic E-state index is 12.2. The molecule has 0 rings (SSSR count). The van der Waals surface area contributed by atoms with Crippen LogP contribution >= 0.6 is 18.5 Å². The first-order chi connectivity index (χ1) is 6.94. The summed E-state index contributed by atoms with van der Waals surface area (Å²) in [6.07, 6.45) is 3.46. The quantitative estimate of drug-likeness (QED) is 0.416. The van der Waals surface area contributed by atoms with Crippen LogP contribution < -0.4 is 0 Å². The standard InChI is InChI=1S/C12H26FPS/c1-6-12(3,4)14(5)15-9-7-8-11(2)10-13/h11H,6-10H2,1-5H3. The van der Waals surface area contributed by atoms with Gasteiger partial charge in [-0.15, -0.1) is 11.4 Å². The van der Waals surface area contributed by atoms with Crippen molar-refractivity contribution in [1.82, 2.24) is 0 Å². The normalized spacial score (nSPS) is 16.4. The lowest BCUT2D eigenvalue weighted by Gasteiger charge is -2.30. The monoisotopic (exact) mass is 252 g/mol. The van der Waals surface area contributed by atoms with Crippen LogP contribution in [0.3, 0.4) is 0 Å². The van der Waals surface area contributed by atoms with Gasteiger partial charge in [-0.05, 0) is 49.9 Å². The van der Waals surface area contributed by atoms with E-state index in [9.17, 15) is 4.39 Å². The van der Waals surface area contributed by atoms with Crippen molar-refractivity contribution in [3.63, 3.8) is 0 Å². The summed E-state index contributed by atoms with van der Waals surface area (Å²) in [6, 6.07) is 0. The topological polar surface area (TPSA) is 0 Å². The van der Waals surface area contributed by atoms with Crippen LogP contribution in [0.1, 0.15) is 47.0 Å². The Bertz CT molecular complexity index is 162. The van der Waals surface area contributed by atoms with E-state index in [1.807, 2.05) is 6.92 Å². The SMILES string of the molecule is CCC(C)(C)P(C)SCCCC(C)CF. The minimum absolute atomic E-state index is 0.0638. The molecule has 2 unspecified atom stereocenters. The molecule has 0 aromatic rings. The van der Waals surface area contributed by atoms with E-state index in [2.05, 4.69) is 38.8 Å². The molecule has 0 radical (unpaired) electrons. The Labute approximate surface area is 100 Å². The van der Waals surface area contributed by atoms with Crippen LogP contribution in [0.5, 0.6) is 0 Å². The van der Waals surface area contributed by atoms with Crippen LogP contribution in [0.25, 0.3) is 0 Å². The molecule has 0 aliphatic heterocycles. The molecule has 0 amide bonds. The minimum atomic E-state index is -0.161. The molecule has 0 aliphatic rings. The molecule has 0 heterocycles. The second-order valence-corrected chi connectivity index (χ2v) is 10.2. The zero-order valence-electron chi connectivity index (χ0n) is 10.8. The van der Waals surface area contributed by atoms with Gasteiger partial charge in [0.2, 0.25) is 0 Å². The van der Waals surface area contributed by atoms with Gasteiger partial charge in [-0.1, -0.05) is 27.7 Å². The predicted octanol–water partition coefficient (Wildman–Crippen LogP) is 5.32. The van der Waals surface area contributed by atoms with Gasteiger partial charge < -0.3 is 0 Å². The molecule has 0 aliphatic carbocycles. The van der Waals surface area contributed by atoms with E-state index in [0.29, 0.717) is 5.16 Å². The Kier molecular flexibility index (Phi) is 8.27. The molecule has 0 saturated heterocycles. The van der Waals surface area contributed by atoms with Crippen molar-refractivity contribution in [2.45, 2.75) is 52.1 Å². The van der Waals surface area contributed by atoms with Gasteiger partial charge in [0.05, 0.1) is 6.67 Å². The highest BCUT2D eigenvalue weighted by atomic mass is 32.7. The van der Waals surface area contributed by atoms with E-state index in [1.165, 1.54) is 18.6 Å². The molecular weight excluding hydrogens is 226 g/mol. The van der Waals surface area contributed by atoms with Crippen molar-refractivity contribution in [1.29, 1.82) is 0 Å². The molecule has 0 N–H and O–H groups in total. The molecule has 0 spiro atoms. The zero-order valence-corrected chi connectivity index (χ0v) is 12.6. The third-order valence-corrected chi connectivity index (χ3v) is 9.18. The van der Waals surface area contributed by atoms with Crippen molar-refractivity contribution in [2.24, 2.45) is 5.92 Å². The Balaban J connectivity index is 3.59. The molecule has 3 heteroatoms. The third kappa shape index (κ3) is 6.79. The third-order valence-electron chi connectivity index (χ3n) is 3.11. The van der Waals surface area contributed by atoms with E-state index in [4.69, 9.17) is 0 Å². The van der Waals surface area contributed by atoms with E-state index in [1.54, 1.807) is 0 Å².